The Kier molecular flexibility index (Phi) is 2.33. The van der Waals surface area contributed by atoms with Crippen LogP contribution >= 0.6 is 22.9 Å². The van der Waals surface area contributed by atoms with Gasteiger partial charge < -0.3 is 4.74 Å². The zero-order valence-electron chi connectivity index (χ0n) is 7.60. The predicted molar refractivity (Wildman–Crippen MR) is 55.9 cm³/mol. The zero-order valence-corrected chi connectivity index (χ0v) is 9.17. The molecule has 0 aliphatic carbocycles. The highest BCUT2D eigenvalue weighted by molar-refractivity contribution is 7.18. The highest BCUT2D eigenvalue weighted by Gasteiger charge is 2.14. The van der Waals surface area contributed by atoms with Gasteiger partial charge in [0.15, 0.2) is 5.82 Å². The molecule has 0 unspecified atom stereocenters. The number of thiazole rings is 1. The summed E-state index contributed by atoms with van der Waals surface area (Å²) >= 11 is 6.98. The summed E-state index contributed by atoms with van der Waals surface area (Å²) in [5, 5.41) is 0.859. The highest BCUT2D eigenvalue weighted by Crippen LogP contribution is 2.35. The summed E-state index contributed by atoms with van der Waals surface area (Å²) in [6.45, 7) is 1.82. The van der Waals surface area contributed by atoms with Gasteiger partial charge in [-0.2, -0.15) is 0 Å². The first-order chi connectivity index (χ1) is 6.63. The topological polar surface area (TPSA) is 22.1 Å². The second-order valence-corrected chi connectivity index (χ2v) is 4.40. The van der Waals surface area contributed by atoms with Crippen molar-refractivity contribution in [2.75, 3.05) is 7.11 Å². The van der Waals surface area contributed by atoms with Gasteiger partial charge in [0.25, 0.3) is 0 Å². The zero-order chi connectivity index (χ0) is 10.3. The Morgan fingerprint density at radius 2 is 2.29 bits per heavy atom. The average Bonchev–Trinajstić information content (AvgIpc) is 2.54. The molecule has 0 aliphatic rings. The predicted octanol–water partition coefficient (Wildman–Crippen LogP) is 3.41. The Morgan fingerprint density at radius 1 is 1.57 bits per heavy atom. The maximum absolute atomic E-state index is 13.5. The van der Waals surface area contributed by atoms with Crippen molar-refractivity contribution in [3.63, 3.8) is 0 Å². The van der Waals surface area contributed by atoms with Gasteiger partial charge in [-0.05, 0) is 6.92 Å². The van der Waals surface area contributed by atoms with E-state index in [0.717, 1.165) is 5.01 Å². The van der Waals surface area contributed by atoms with Gasteiger partial charge in [-0.15, -0.1) is 11.3 Å². The number of hydrogen-bond acceptors (Lipinski definition) is 3. The molecule has 0 atom stereocenters. The Balaban J connectivity index is 2.88. The lowest BCUT2D eigenvalue weighted by Crippen LogP contribution is -1.87. The number of nitrogens with zero attached hydrogens (tertiary/aromatic N) is 1. The Hall–Kier alpha value is -0.870. The van der Waals surface area contributed by atoms with Gasteiger partial charge >= 0.3 is 0 Å². The summed E-state index contributed by atoms with van der Waals surface area (Å²) in [6.07, 6.45) is 0. The van der Waals surface area contributed by atoms with Crippen LogP contribution in [0.15, 0.2) is 6.07 Å². The fourth-order valence-corrected chi connectivity index (χ4v) is 2.38. The van der Waals surface area contributed by atoms with Crippen LogP contribution < -0.4 is 4.74 Å². The molecule has 5 heteroatoms. The van der Waals surface area contributed by atoms with Crippen LogP contribution in [0.2, 0.25) is 5.02 Å². The van der Waals surface area contributed by atoms with Crippen LogP contribution in [0.5, 0.6) is 5.75 Å². The molecule has 1 heterocycles. The molecular formula is C9H7ClFNOS. The van der Waals surface area contributed by atoms with Crippen LogP contribution in [0.1, 0.15) is 5.01 Å². The standard InChI is InChI=1S/C9H7ClFNOS/c1-4-12-8-6(13-2)3-5(10)7(11)9(8)14-4/h3H,1-2H3. The smallest absolute Gasteiger partial charge is 0.161 e. The monoisotopic (exact) mass is 231 g/mol. The van der Waals surface area contributed by atoms with Crippen LogP contribution in [0.4, 0.5) is 4.39 Å². The second-order valence-electron chi connectivity index (χ2n) is 2.79. The van der Waals surface area contributed by atoms with Crippen molar-refractivity contribution in [3.8, 4) is 5.75 Å². The molecule has 0 spiro atoms. The average molecular weight is 232 g/mol. The van der Waals surface area contributed by atoms with Crippen molar-refractivity contribution in [2.24, 2.45) is 0 Å². The molecule has 2 nitrogen and oxygen atoms in total. The molecule has 0 amide bonds. The van der Waals surface area contributed by atoms with Crippen LogP contribution in [-0.4, -0.2) is 12.1 Å². The highest BCUT2D eigenvalue weighted by atomic mass is 35.5. The molecule has 0 bridgehead atoms. The van der Waals surface area contributed by atoms with Crippen molar-refractivity contribution >= 4 is 33.2 Å². The number of benzene rings is 1. The maximum Gasteiger partial charge on any atom is 0.161 e. The van der Waals surface area contributed by atoms with Gasteiger partial charge in [-0.1, -0.05) is 11.6 Å². The molecule has 0 N–H and O–H groups in total. The lowest BCUT2D eigenvalue weighted by atomic mass is 10.3. The molecule has 0 saturated carbocycles. The third kappa shape index (κ3) is 1.35. The summed E-state index contributed by atoms with van der Waals surface area (Å²) in [7, 11) is 1.51. The van der Waals surface area contributed by atoms with E-state index in [-0.39, 0.29) is 5.02 Å². The molecule has 0 aliphatic heterocycles. The van der Waals surface area contributed by atoms with Gasteiger partial charge in [0.2, 0.25) is 0 Å². The van der Waals surface area contributed by atoms with E-state index in [1.54, 1.807) is 0 Å². The molecule has 2 aromatic rings. The van der Waals surface area contributed by atoms with Crippen molar-refractivity contribution in [1.82, 2.24) is 4.98 Å². The Labute approximate surface area is 89.3 Å². The molecule has 0 saturated heterocycles. The van der Waals surface area contributed by atoms with Crippen LogP contribution in [-0.2, 0) is 0 Å². The summed E-state index contributed by atoms with van der Waals surface area (Å²) in [5.41, 5.74) is 0.539. The normalized spacial score (nSPS) is 10.9. The second kappa shape index (κ2) is 3.37. The number of ether oxygens (including phenoxy) is 1. The van der Waals surface area contributed by atoms with Crippen LogP contribution in [0.25, 0.3) is 10.2 Å². The van der Waals surface area contributed by atoms with Crippen LogP contribution in [0, 0.1) is 12.7 Å². The largest absolute Gasteiger partial charge is 0.494 e. The lowest BCUT2D eigenvalue weighted by Gasteiger charge is -2.02. The van der Waals surface area contributed by atoms with E-state index in [2.05, 4.69) is 4.98 Å². The van der Waals surface area contributed by atoms with E-state index in [0.29, 0.717) is 16.0 Å². The summed E-state index contributed by atoms with van der Waals surface area (Å²) in [6, 6.07) is 1.44. The lowest BCUT2D eigenvalue weighted by molar-refractivity contribution is 0.418. The fraction of sp³-hybridized carbons (Fsp3) is 0.222. The minimum absolute atomic E-state index is 0.0676. The first-order valence-electron chi connectivity index (χ1n) is 3.92. The summed E-state index contributed by atoms with van der Waals surface area (Å²) in [5.74, 6) is 0.0869. The van der Waals surface area contributed by atoms with E-state index in [1.807, 2.05) is 6.92 Å². The number of methoxy groups -OCH3 is 1. The number of aromatic nitrogens is 1. The van der Waals surface area contributed by atoms with Crippen molar-refractivity contribution < 1.29 is 9.13 Å². The molecule has 14 heavy (non-hydrogen) atoms. The van der Waals surface area contributed by atoms with Crippen LogP contribution in [0.3, 0.4) is 0 Å². The van der Waals surface area contributed by atoms with Gasteiger partial charge in [0.1, 0.15) is 11.3 Å². The van der Waals surface area contributed by atoms with E-state index >= 15 is 0 Å². The van der Waals surface area contributed by atoms with Gasteiger partial charge in [-0.3, -0.25) is 0 Å². The molecular weight excluding hydrogens is 225 g/mol. The minimum Gasteiger partial charge on any atom is -0.494 e. The molecule has 1 aromatic heterocycles. The van der Waals surface area contributed by atoms with E-state index < -0.39 is 5.82 Å². The molecule has 2 rings (SSSR count). The van der Waals surface area contributed by atoms with Crippen molar-refractivity contribution in [1.29, 1.82) is 0 Å². The number of fused-ring (bicyclic) bond motifs is 1. The van der Waals surface area contributed by atoms with E-state index in [4.69, 9.17) is 16.3 Å². The molecule has 1 aromatic carbocycles. The third-order valence-corrected chi connectivity index (χ3v) is 3.09. The molecule has 0 fully saturated rings. The van der Waals surface area contributed by atoms with Gasteiger partial charge in [-0.25, -0.2) is 9.37 Å². The maximum atomic E-state index is 13.5. The number of aryl methyl sites for hydroxylation is 1. The van der Waals surface area contributed by atoms with Gasteiger partial charge in [0.05, 0.1) is 21.8 Å². The molecule has 0 radical (unpaired) electrons. The fourth-order valence-electron chi connectivity index (χ4n) is 1.25. The third-order valence-electron chi connectivity index (χ3n) is 1.85. The quantitative estimate of drug-likeness (QED) is 0.751. The van der Waals surface area contributed by atoms with E-state index in [1.165, 1.54) is 24.5 Å². The van der Waals surface area contributed by atoms with Crippen molar-refractivity contribution in [3.05, 3.63) is 21.9 Å². The Bertz CT molecular complexity index is 497. The van der Waals surface area contributed by atoms with Gasteiger partial charge in [0, 0.05) is 6.07 Å². The number of halogens is 2. The van der Waals surface area contributed by atoms with E-state index in [9.17, 15) is 4.39 Å². The number of hydrogen-bond donors (Lipinski definition) is 0. The number of rotatable bonds is 1. The SMILES string of the molecule is COc1cc(Cl)c(F)c2sc(C)nc12. The van der Waals surface area contributed by atoms with Crippen molar-refractivity contribution in [2.45, 2.75) is 6.92 Å². The summed E-state index contributed by atoms with van der Waals surface area (Å²) in [4.78, 5) is 4.18. The summed E-state index contributed by atoms with van der Waals surface area (Å²) < 4.78 is 19.0. The molecule has 74 valence electrons. The first kappa shape index (κ1) is 9.68. The Morgan fingerprint density at radius 3 is 2.93 bits per heavy atom. The first-order valence-corrected chi connectivity index (χ1v) is 5.12. The minimum atomic E-state index is -0.423.